The van der Waals surface area contributed by atoms with E-state index < -0.39 is 0 Å². The number of aromatic nitrogens is 2. The van der Waals surface area contributed by atoms with Crippen molar-refractivity contribution in [1.29, 1.82) is 0 Å². The van der Waals surface area contributed by atoms with Gasteiger partial charge in [0.25, 0.3) is 0 Å². The van der Waals surface area contributed by atoms with Gasteiger partial charge in [-0.3, -0.25) is 0 Å². The van der Waals surface area contributed by atoms with Crippen LogP contribution in [0, 0.1) is 5.41 Å². The second kappa shape index (κ2) is 5.31. The van der Waals surface area contributed by atoms with Gasteiger partial charge in [0.05, 0.1) is 11.9 Å². The Kier molecular flexibility index (Phi) is 3.95. The standard InChI is InChI=1S/C13H21ClN4/c1-13(2,3)9-16-12-15-8-10(11(14)17-12)18-6-4-5-7-18/h8H,4-7,9H2,1-3H3,(H,15,16,17). The number of anilines is 2. The van der Waals surface area contributed by atoms with E-state index in [0.29, 0.717) is 11.1 Å². The number of hydrogen-bond donors (Lipinski definition) is 1. The minimum absolute atomic E-state index is 0.198. The van der Waals surface area contributed by atoms with Gasteiger partial charge >= 0.3 is 0 Å². The van der Waals surface area contributed by atoms with E-state index in [2.05, 4.69) is 41.0 Å². The van der Waals surface area contributed by atoms with Crippen LogP contribution in [-0.4, -0.2) is 29.6 Å². The van der Waals surface area contributed by atoms with Gasteiger partial charge in [0, 0.05) is 19.6 Å². The summed E-state index contributed by atoms with van der Waals surface area (Å²) in [6, 6.07) is 0. The summed E-state index contributed by atoms with van der Waals surface area (Å²) in [7, 11) is 0. The van der Waals surface area contributed by atoms with E-state index in [0.717, 1.165) is 25.3 Å². The molecule has 2 heterocycles. The van der Waals surface area contributed by atoms with Gasteiger partial charge in [-0.25, -0.2) is 4.98 Å². The highest BCUT2D eigenvalue weighted by atomic mass is 35.5. The molecule has 0 aromatic carbocycles. The van der Waals surface area contributed by atoms with Crippen LogP contribution < -0.4 is 10.2 Å². The van der Waals surface area contributed by atoms with E-state index in [-0.39, 0.29) is 5.41 Å². The molecule has 18 heavy (non-hydrogen) atoms. The molecule has 1 fully saturated rings. The third-order valence-corrected chi connectivity index (χ3v) is 3.23. The third kappa shape index (κ3) is 3.48. The molecular weight excluding hydrogens is 248 g/mol. The molecular formula is C13H21ClN4. The van der Waals surface area contributed by atoms with Crippen molar-refractivity contribution in [3.8, 4) is 0 Å². The summed E-state index contributed by atoms with van der Waals surface area (Å²) in [5, 5.41) is 3.76. The molecule has 0 spiro atoms. The van der Waals surface area contributed by atoms with Crippen LogP contribution in [0.2, 0.25) is 5.15 Å². The molecule has 4 nitrogen and oxygen atoms in total. The van der Waals surface area contributed by atoms with Crippen LogP contribution in [-0.2, 0) is 0 Å². The quantitative estimate of drug-likeness (QED) is 0.855. The maximum Gasteiger partial charge on any atom is 0.224 e. The topological polar surface area (TPSA) is 41.1 Å². The molecule has 0 aliphatic carbocycles. The Bertz CT molecular complexity index is 408. The Morgan fingerprint density at radius 3 is 2.56 bits per heavy atom. The predicted octanol–water partition coefficient (Wildman–Crippen LogP) is 3.19. The zero-order valence-electron chi connectivity index (χ0n) is 11.3. The molecule has 1 aromatic heterocycles. The first-order valence-electron chi connectivity index (χ1n) is 6.47. The number of nitrogens with one attached hydrogen (secondary N) is 1. The Balaban J connectivity index is 2.05. The fraction of sp³-hybridized carbons (Fsp3) is 0.692. The summed E-state index contributed by atoms with van der Waals surface area (Å²) in [4.78, 5) is 10.9. The van der Waals surface area contributed by atoms with Crippen molar-refractivity contribution >= 4 is 23.2 Å². The van der Waals surface area contributed by atoms with E-state index in [1.807, 2.05) is 6.20 Å². The predicted molar refractivity (Wildman–Crippen MR) is 76.4 cm³/mol. The van der Waals surface area contributed by atoms with Crippen molar-refractivity contribution < 1.29 is 0 Å². The molecule has 0 atom stereocenters. The third-order valence-electron chi connectivity index (χ3n) is 2.95. The molecule has 1 aromatic rings. The molecule has 1 saturated heterocycles. The van der Waals surface area contributed by atoms with Crippen LogP contribution in [0.15, 0.2) is 6.20 Å². The van der Waals surface area contributed by atoms with E-state index >= 15 is 0 Å². The zero-order chi connectivity index (χ0) is 13.2. The van der Waals surface area contributed by atoms with Crippen LogP contribution in [0.5, 0.6) is 0 Å². The molecule has 0 unspecified atom stereocenters. The van der Waals surface area contributed by atoms with Gasteiger partial charge in [-0.2, -0.15) is 4.98 Å². The van der Waals surface area contributed by atoms with Crippen LogP contribution in [0.1, 0.15) is 33.6 Å². The van der Waals surface area contributed by atoms with E-state index in [4.69, 9.17) is 11.6 Å². The lowest BCUT2D eigenvalue weighted by atomic mass is 9.97. The van der Waals surface area contributed by atoms with Gasteiger partial charge in [-0.15, -0.1) is 0 Å². The number of rotatable bonds is 3. The zero-order valence-corrected chi connectivity index (χ0v) is 12.1. The van der Waals surface area contributed by atoms with E-state index in [1.165, 1.54) is 12.8 Å². The molecule has 5 heteroatoms. The average Bonchev–Trinajstić information content (AvgIpc) is 2.79. The molecule has 1 aliphatic heterocycles. The maximum absolute atomic E-state index is 6.23. The average molecular weight is 269 g/mol. The first kappa shape index (κ1) is 13.4. The second-order valence-corrected chi connectivity index (χ2v) is 6.34. The summed E-state index contributed by atoms with van der Waals surface area (Å²) in [5.41, 5.74) is 1.15. The highest BCUT2D eigenvalue weighted by Gasteiger charge is 2.17. The summed E-state index contributed by atoms with van der Waals surface area (Å²) in [5.74, 6) is 0.609. The Hall–Kier alpha value is -1.03. The van der Waals surface area contributed by atoms with Gasteiger partial charge in [0.15, 0.2) is 5.15 Å². The van der Waals surface area contributed by atoms with Crippen LogP contribution in [0.3, 0.4) is 0 Å². The highest BCUT2D eigenvalue weighted by molar-refractivity contribution is 6.32. The Morgan fingerprint density at radius 2 is 2.00 bits per heavy atom. The minimum atomic E-state index is 0.198. The van der Waals surface area contributed by atoms with Crippen molar-refractivity contribution in [2.24, 2.45) is 5.41 Å². The molecule has 0 bridgehead atoms. The highest BCUT2D eigenvalue weighted by Crippen LogP contribution is 2.27. The van der Waals surface area contributed by atoms with Crippen molar-refractivity contribution in [3.63, 3.8) is 0 Å². The molecule has 0 amide bonds. The van der Waals surface area contributed by atoms with E-state index in [9.17, 15) is 0 Å². The molecule has 0 radical (unpaired) electrons. The van der Waals surface area contributed by atoms with Gasteiger partial charge in [0.1, 0.15) is 0 Å². The SMILES string of the molecule is CC(C)(C)CNc1ncc(N2CCCC2)c(Cl)n1. The molecule has 100 valence electrons. The molecule has 1 aliphatic rings. The number of halogens is 1. The lowest BCUT2D eigenvalue weighted by Crippen LogP contribution is -2.21. The number of nitrogens with zero attached hydrogens (tertiary/aromatic N) is 3. The van der Waals surface area contributed by atoms with Crippen LogP contribution in [0.25, 0.3) is 0 Å². The first-order valence-corrected chi connectivity index (χ1v) is 6.85. The Labute approximate surface area is 114 Å². The van der Waals surface area contributed by atoms with Crippen molar-refractivity contribution in [2.75, 3.05) is 29.9 Å². The Morgan fingerprint density at radius 1 is 1.33 bits per heavy atom. The summed E-state index contributed by atoms with van der Waals surface area (Å²) in [6.07, 6.45) is 4.27. The number of hydrogen-bond acceptors (Lipinski definition) is 4. The summed E-state index contributed by atoms with van der Waals surface area (Å²) in [6.45, 7) is 9.43. The normalized spacial score (nSPS) is 16.1. The largest absolute Gasteiger partial charge is 0.368 e. The summed E-state index contributed by atoms with van der Waals surface area (Å²) >= 11 is 6.23. The molecule has 1 N–H and O–H groups in total. The van der Waals surface area contributed by atoms with Crippen molar-refractivity contribution in [2.45, 2.75) is 33.6 Å². The molecule has 0 saturated carbocycles. The van der Waals surface area contributed by atoms with Crippen molar-refractivity contribution in [1.82, 2.24) is 9.97 Å². The first-order chi connectivity index (χ1) is 8.46. The molecule has 2 rings (SSSR count). The lowest BCUT2D eigenvalue weighted by molar-refractivity contribution is 0.442. The van der Waals surface area contributed by atoms with Gasteiger partial charge in [0.2, 0.25) is 5.95 Å². The van der Waals surface area contributed by atoms with Crippen LogP contribution >= 0.6 is 11.6 Å². The monoisotopic (exact) mass is 268 g/mol. The van der Waals surface area contributed by atoms with E-state index in [1.54, 1.807) is 0 Å². The lowest BCUT2D eigenvalue weighted by Gasteiger charge is -2.20. The fourth-order valence-electron chi connectivity index (χ4n) is 1.95. The van der Waals surface area contributed by atoms with Gasteiger partial charge in [-0.05, 0) is 18.3 Å². The van der Waals surface area contributed by atoms with Crippen molar-refractivity contribution in [3.05, 3.63) is 11.3 Å². The summed E-state index contributed by atoms with van der Waals surface area (Å²) < 4.78 is 0. The van der Waals surface area contributed by atoms with Crippen LogP contribution in [0.4, 0.5) is 11.6 Å². The maximum atomic E-state index is 6.23. The van der Waals surface area contributed by atoms with Gasteiger partial charge in [-0.1, -0.05) is 32.4 Å². The minimum Gasteiger partial charge on any atom is -0.368 e. The smallest absolute Gasteiger partial charge is 0.224 e. The second-order valence-electron chi connectivity index (χ2n) is 5.98. The van der Waals surface area contributed by atoms with Gasteiger partial charge < -0.3 is 10.2 Å². The fourth-order valence-corrected chi connectivity index (χ4v) is 2.20.